The summed E-state index contributed by atoms with van der Waals surface area (Å²) >= 11 is 11.9. The van der Waals surface area contributed by atoms with Gasteiger partial charge in [0.1, 0.15) is 0 Å². The quantitative estimate of drug-likeness (QED) is 0.891. The van der Waals surface area contributed by atoms with Gasteiger partial charge in [0.2, 0.25) is 0 Å². The van der Waals surface area contributed by atoms with E-state index >= 15 is 0 Å². The number of halogens is 2. The second kappa shape index (κ2) is 5.54. The van der Waals surface area contributed by atoms with E-state index in [-0.39, 0.29) is 6.04 Å². The van der Waals surface area contributed by atoms with Crippen molar-refractivity contribution in [3.63, 3.8) is 0 Å². The van der Waals surface area contributed by atoms with E-state index in [4.69, 9.17) is 23.2 Å². The number of hydrogen-bond donors (Lipinski definition) is 2. The molecule has 0 aliphatic heterocycles. The Labute approximate surface area is 110 Å². The highest BCUT2D eigenvalue weighted by atomic mass is 35.5. The topological polar surface area (TPSA) is 40.7 Å². The van der Waals surface area contributed by atoms with Crippen LogP contribution in [0.25, 0.3) is 0 Å². The van der Waals surface area contributed by atoms with Gasteiger partial charge in [-0.25, -0.2) is 0 Å². The molecule has 1 heterocycles. The molecule has 1 atom stereocenters. The summed E-state index contributed by atoms with van der Waals surface area (Å²) in [5.74, 6) is 0. The fraction of sp³-hybridized carbons (Fsp3) is 0.250. The minimum atomic E-state index is 0.208. The third kappa shape index (κ3) is 3.22. The van der Waals surface area contributed by atoms with E-state index in [0.29, 0.717) is 10.0 Å². The van der Waals surface area contributed by atoms with E-state index in [9.17, 15) is 0 Å². The predicted octanol–water partition coefficient (Wildman–Crippen LogP) is 3.57. The van der Waals surface area contributed by atoms with E-state index in [1.165, 1.54) is 0 Å². The lowest BCUT2D eigenvalue weighted by Crippen LogP contribution is -2.17. The largest absolute Gasteiger partial charge is 0.306 e. The van der Waals surface area contributed by atoms with Crippen LogP contribution < -0.4 is 5.32 Å². The fourth-order valence-electron chi connectivity index (χ4n) is 1.54. The van der Waals surface area contributed by atoms with Crippen molar-refractivity contribution >= 4 is 23.2 Å². The molecular formula is C12H13Cl2N3. The first-order valence-electron chi connectivity index (χ1n) is 5.33. The molecule has 5 heteroatoms. The van der Waals surface area contributed by atoms with Crippen molar-refractivity contribution in [3.05, 3.63) is 51.8 Å². The SMILES string of the molecule is CC(NCc1cn[nH]c1)c1ccc(Cl)c(Cl)c1. The first-order valence-corrected chi connectivity index (χ1v) is 6.08. The molecule has 0 aliphatic carbocycles. The van der Waals surface area contributed by atoms with Crippen LogP contribution in [0.5, 0.6) is 0 Å². The summed E-state index contributed by atoms with van der Waals surface area (Å²) in [4.78, 5) is 0. The highest BCUT2D eigenvalue weighted by molar-refractivity contribution is 6.42. The first-order chi connectivity index (χ1) is 8.16. The number of aromatic nitrogens is 2. The van der Waals surface area contributed by atoms with Crippen LogP contribution in [0.2, 0.25) is 10.0 Å². The van der Waals surface area contributed by atoms with Crippen LogP contribution in [0.4, 0.5) is 0 Å². The standard InChI is InChI=1S/C12H13Cl2N3/c1-8(15-5-9-6-16-17-7-9)10-2-3-11(13)12(14)4-10/h2-4,6-8,15H,5H2,1H3,(H,16,17). The van der Waals surface area contributed by atoms with Gasteiger partial charge in [-0.3, -0.25) is 5.10 Å². The Balaban J connectivity index is 1.99. The van der Waals surface area contributed by atoms with Crippen molar-refractivity contribution in [3.8, 4) is 0 Å². The van der Waals surface area contributed by atoms with E-state index in [2.05, 4.69) is 22.4 Å². The third-order valence-electron chi connectivity index (χ3n) is 2.61. The molecule has 0 spiro atoms. The van der Waals surface area contributed by atoms with Gasteiger partial charge in [0.25, 0.3) is 0 Å². The molecule has 0 radical (unpaired) electrons. The molecule has 2 aromatic rings. The average Bonchev–Trinajstić information content (AvgIpc) is 2.82. The molecule has 3 nitrogen and oxygen atoms in total. The van der Waals surface area contributed by atoms with Gasteiger partial charge in [-0.1, -0.05) is 29.3 Å². The normalized spacial score (nSPS) is 12.6. The predicted molar refractivity (Wildman–Crippen MR) is 70.3 cm³/mol. The number of aromatic amines is 1. The molecule has 0 amide bonds. The van der Waals surface area contributed by atoms with Gasteiger partial charge in [0.15, 0.2) is 0 Å². The van der Waals surface area contributed by atoms with Gasteiger partial charge >= 0.3 is 0 Å². The van der Waals surface area contributed by atoms with Gasteiger partial charge in [-0.05, 0) is 24.6 Å². The van der Waals surface area contributed by atoms with Crippen molar-refractivity contribution in [2.24, 2.45) is 0 Å². The fourth-order valence-corrected chi connectivity index (χ4v) is 1.85. The molecule has 0 bridgehead atoms. The van der Waals surface area contributed by atoms with Gasteiger partial charge in [0.05, 0.1) is 16.2 Å². The zero-order valence-electron chi connectivity index (χ0n) is 9.37. The van der Waals surface area contributed by atoms with Crippen LogP contribution in [0, 0.1) is 0 Å². The molecule has 2 rings (SSSR count). The van der Waals surface area contributed by atoms with Crippen molar-refractivity contribution in [2.75, 3.05) is 0 Å². The number of nitrogens with zero attached hydrogens (tertiary/aromatic N) is 1. The van der Waals surface area contributed by atoms with Crippen molar-refractivity contribution < 1.29 is 0 Å². The van der Waals surface area contributed by atoms with Gasteiger partial charge in [0, 0.05) is 24.3 Å². The summed E-state index contributed by atoms with van der Waals surface area (Å²) in [5.41, 5.74) is 2.24. The second-order valence-corrected chi connectivity index (χ2v) is 4.70. The van der Waals surface area contributed by atoms with Crippen LogP contribution in [0.1, 0.15) is 24.1 Å². The molecule has 0 saturated carbocycles. The monoisotopic (exact) mass is 269 g/mol. The Morgan fingerprint density at radius 2 is 2.18 bits per heavy atom. The lowest BCUT2D eigenvalue weighted by atomic mass is 10.1. The van der Waals surface area contributed by atoms with E-state index in [0.717, 1.165) is 17.7 Å². The number of H-pyrrole nitrogens is 1. The van der Waals surface area contributed by atoms with Gasteiger partial charge in [-0.2, -0.15) is 5.10 Å². The summed E-state index contributed by atoms with van der Waals surface area (Å²) < 4.78 is 0. The Hall–Kier alpha value is -1.03. The van der Waals surface area contributed by atoms with Crippen LogP contribution in [-0.4, -0.2) is 10.2 Å². The van der Waals surface area contributed by atoms with E-state index in [1.54, 1.807) is 6.20 Å². The van der Waals surface area contributed by atoms with Crippen LogP contribution >= 0.6 is 23.2 Å². The molecule has 1 aromatic heterocycles. The zero-order valence-corrected chi connectivity index (χ0v) is 10.9. The summed E-state index contributed by atoms with van der Waals surface area (Å²) in [7, 11) is 0. The number of nitrogens with one attached hydrogen (secondary N) is 2. The van der Waals surface area contributed by atoms with Crippen LogP contribution in [0.15, 0.2) is 30.6 Å². The Morgan fingerprint density at radius 1 is 1.35 bits per heavy atom. The molecule has 17 heavy (non-hydrogen) atoms. The lowest BCUT2D eigenvalue weighted by molar-refractivity contribution is 0.575. The van der Waals surface area contributed by atoms with Crippen molar-refractivity contribution in [1.82, 2.24) is 15.5 Å². The first kappa shape index (κ1) is 12.4. The molecule has 2 N–H and O–H groups in total. The molecule has 0 aliphatic rings. The minimum Gasteiger partial charge on any atom is -0.306 e. The highest BCUT2D eigenvalue weighted by Crippen LogP contribution is 2.25. The summed E-state index contributed by atoms with van der Waals surface area (Å²) in [6, 6.07) is 5.88. The minimum absolute atomic E-state index is 0.208. The Kier molecular flexibility index (Phi) is 4.05. The highest BCUT2D eigenvalue weighted by Gasteiger charge is 2.07. The molecule has 0 fully saturated rings. The zero-order chi connectivity index (χ0) is 12.3. The maximum atomic E-state index is 5.98. The lowest BCUT2D eigenvalue weighted by Gasteiger charge is -2.14. The van der Waals surface area contributed by atoms with E-state index < -0.39 is 0 Å². The number of hydrogen-bond acceptors (Lipinski definition) is 2. The summed E-state index contributed by atoms with van der Waals surface area (Å²) in [6.07, 6.45) is 3.67. The average molecular weight is 270 g/mol. The Morgan fingerprint density at radius 3 is 2.82 bits per heavy atom. The Bertz CT molecular complexity index is 483. The molecule has 90 valence electrons. The molecule has 1 unspecified atom stereocenters. The maximum absolute atomic E-state index is 5.98. The van der Waals surface area contributed by atoms with Crippen molar-refractivity contribution in [1.29, 1.82) is 0 Å². The van der Waals surface area contributed by atoms with Gasteiger partial charge < -0.3 is 5.32 Å². The smallest absolute Gasteiger partial charge is 0.0595 e. The van der Waals surface area contributed by atoms with Crippen LogP contribution in [0.3, 0.4) is 0 Å². The molecule has 1 aromatic carbocycles. The van der Waals surface area contributed by atoms with Crippen molar-refractivity contribution in [2.45, 2.75) is 19.5 Å². The summed E-state index contributed by atoms with van der Waals surface area (Å²) in [6.45, 7) is 2.84. The second-order valence-electron chi connectivity index (χ2n) is 3.88. The number of rotatable bonds is 4. The maximum Gasteiger partial charge on any atom is 0.0595 e. The van der Waals surface area contributed by atoms with Gasteiger partial charge in [-0.15, -0.1) is 0 Å². The van der Waals surface area contributed by atoms with Crippen LogP contribution in [-0.2, 0) is 6.54 Å². The van der Waals surface area contributed by atoms with E-state index in [1.807, 2.05) is 24.4 Å². The summed E-state index contributed by atoms with van der Waals surface area (Å²) in [5, 5.41) is 11.2. The molecule has 0 saturated heterocycles. The molecular weight excluding hydrogens is 257 g/mol. The number of benzene rings is 1. The third-order valence-corrected chi connectivity index (χ3v) is 3.35.